The molecule has 0 spiro atoms. The maximum atomic E-state index is 13.3. The molecule has 202 valence electrons. The standard InChI is InChI=1S/C26H42N4O6/c1-7-16(6)21(27)25(34)29-20(13-17-8-10-18(31)11-9-17)23(32)28-19(12-14(2)3)24(33)30-22(15(4)5)26(35)36/h8-11,14-16,19-22,31H,7,12-13,27H2,1-6H3,(H,28,32)(H,29,34)(H,30,33)(H,35,36). The van der Waals surface area contributed by atoms with Crippen molar-refractivity contribution in [3.63, 3.8) is 0 Å². The summed E-state index contributed by atoms with van der Waals surface area (Å²) in [4.78, 5) is 50.7. The number of carboxylic acid groups (broad SMARTS) is 1. The lowest BCUT2D eigenvalue weighted by Crippen LogP contribution is -2.58. The number of nitrogens with two attached hydrogens (primary N) is 1. The third-order valence-electron chi connectivity index (χ3n) is 6.14. The summed E-state index contributed by atoms with van der Waals surface area (Å²) in [5.74, 6) is -3.23. The molecule has 10 nitrogen and oxygen atoms in total. The number of hydrogen-bond donors (Lipinski definition) is 6. The second-order valence-corrected chi connectivity index (χ2v) is 10.1. The molecule has 0 aromatic heterocycles. The molecule has 3 amide bonds. The van der Waals surface area contributed by atoms with Gasteiger partial charge in [0.25, 0.3) is 0 Å². The molecule has 1 aromatic rings. The maximum Gasteiger partial charge on any atom is 0.326 e. The molecular formula is C26H42N4O6. The molecule has 10 heteroatoms. The minimum absolute atomic E-state index is 0.0207. The van der Waals surface area contributed by atoms with Crippen molar-refractivity contribution in [2.45, 2.75) is 85.0 Å². The fraction of sp³-hybridized carbons (Fsp3) is 0.615. The molecule has 5 atom stereocenters. The Hall–Kier alpha value is -3.14. The number of carbonyl (C=O) groups is 4. The highest BCUT2D eigenvalue weighted by molar-refractivity contribution is 5.94. The van der Waals surface area contributed by atoms with Gasteiger partial charge in [-0.05, 0) is 41.9 Å². The van der Waals surface area contributed by atoms with Gasteiger partial charge in [0.05, 0.1) is 6.04 Å². The van der Waals surface area contributed by atoms with E-state index < -0.39 is 47.9 Å². The van der Waals surface area contributed by atoms with E-state index >= 15 is 0 Å². The van der Waals surface area contributed by atoms with Crippen LogP contribution in [0.3, 0.4) is 0 Å². The number of amides is 3. The van der Waals surface area contributed by atoms with Gasteiger partial charge in [0.2, 0.25) is 17.7 Å². The molecule has 0 saturated carbocycles. The second-order valence-electron chi connectivity index (χ2n) is 10.1. The average Bonchev–Trinajstić information content (AvgIpc) is 2.80. The molecule has 1 rings (SSSR count). The molecule has 0 aliphatic heterocycles. The maximum absolute atomic E-state index is 13.3. The van der Waals surface area contributed by atoms with Gasteiger partial charge in [0, 0.05) is 6.42 Å². The van der Waals surface area contributed by atoms with E-state index in [2.05, 4.69) is 16.0 Å². The first kappa shape index (κ1) is 30.9. The zero-order chi connectivity index (χ0) is 27.6. The van der Waals surface area contributed by atoms with Crippen molar-refractivity contribution >= 4 is 23.7 Å². The van der Waals surface area contributed by atoms with E-state index in [4.69, 9.17) is 5.73 Å². The topological polar surface area (TPSA) is 171 Å². The zero-order valence-corrected chi connectivity index (χ0v) is 22.1. The van der Waals surface area contributed by atoms with Crippen LogP contribution in [-0.4, -0.2) is 58.1 Å². The Morgan fingerprint density at radius 3 is 1.86 bits per heavy atom. The molecule has 5 unspecified atom stereocenters. The minimum Gasteiger partial charge on any atom is -0.508 e. The summed E-state index contributed by atoms with van der Waals surface area (Å²) in [6, 6.07) is 2.25. The highest BCUT2D eigenvalue weighted by atomic mass is 16.4. The van der Waals surface area contributed by atoms with Gasteiger partial charge in [0.1, 0.15) is 23.9 Å². The fourth-order valence-electron chi connectivity index (χ4n) is 3.60. The van der Waals surface area contributed by atoms with E-state index in [1.54, 1.807) is 26.0 Å². The number of phenolic OH excluding ortho intramolecular Hbond substituents is 1. The first-order chi connectivity index (χ1) is 16.8. The Balaban J connectivity index is 3.16. The monoisotopic (exact) mass is 506 g/mol. The molecule has 1 aromatic carbocycles. The number of carboxylic acids is 1. The number of nitrogens with one attached hydrogen (secondary N) is 3. The number of benzene rings is 1. The molecule has 0 heterocycles. The van der Waals surface area contributed by atoms with Crippen LogP contribution in [0.2, 0.25) is 0 Å². The van der Waals surface area contributed by atoms with Crippen LogP contribution in [0.25, 0.3) is 0 Å². The van der Waals surface area contributed by atoms with Crippen LogP contribution in [-0.2, 0) is 25.6 Å². The summed E-state index contributed by atoms with van der Waals surface area (Å²) in [5.41, 5.74) is 6.74. The van der Waals surface area contributed by atoms with E-state index in [0.29, 0.717) is 12.0 Å². The average molecular weight is 507 g/mol. The Labute approximate surface area is 213 Å². The molecular weight excluding hydrogens is 464 g/mol. The summed E-state index contributed by atoms with van der Waals surface area (Å²) < 4.78 is 0. The van der Waals surface area contributed by atoms with Gasteiger partial charge in [-0.25, -0.2) is 4.79 Å². The Kier molecular flexibility index (Phi) is 12.4. The van der Waals surface area contributed by atoms with Crippen LogP contribution in [0.15, 0.2) is 24.3 Å². The van der Waals surface area contributed by atoms with Crippen LogP contribution in [0.5, 0.6) is 5.75 Å². The first-order valence-electron chi connectivity index (χ1n) is 12.4. The molecule has 0 bridgehead atoms. The van der Waals surface area contributed by atoms with Gasteiger partial charge in [-0.3, -0.25) is 14.4 Å². The van der Waals surface area contributed by atoms with Crippen molar-refractivity contribution in [2.24, 2.45) is 23.5 Å². The smallest absolute Gasteiger partial charge is 0.326 e. The van der Waals surface area contributed by atoms with Gasteiger partial charge in [-0.15, -0.1) is 0 Å². The number of aromatic hydroxyl groups is 1. The molecule has 0 aliphatic carbocycles. The number of hydrogen-bond acceptors (Lipinski definition) is 6. The summed E-state index contributed by atoms with van der Waals surface area (Å²) in [6.07, 6.45) is 1.06. The third kappa shape index (κ3) is 9.85. The lowest BCUT2D eigenvalue weighted by molar-refractivity contribution is -0.143. The lowest BCUT2D eigenvalue weighted by atomic mass is 9.97. The van der Waals surface area contributed by atoms with Crippen LogP contribution in [0.4, 0.5) is 0 Å². The van der Waals surface area contributed by atoms with Gasteiger partial charge in [-0.2, -0.15) is 0 Å². The summed E-state index contributed by atoms with van der Waals surface area (Å²) in [7, 11) is 0. The van der Waals surface area contributed by atoms with Crippen molar-refractivity contribution in [3.8, 4) is 5.75 Å². The highest BCUT2D eigenvalue weighted by Gasteiger charge is 2.32. The van der Waals surface area contributed by atoms with Crippen molar-refractivity contribution in [2.75, 3.05) is 0 Å². The number of rotatable bonds is 14. The van der Waals surface area contributed by atoms with Crippen molar-refractivity contribution in [1.29, 1.82) is 0 Å². The summed E-state index contributed by atoms with van der Waals surface area (Å²) >= 11 is 0. The molecule has 36 heavy (non-hydrogen) atoms. The highest BCUT2D eigenvalue weighted by Crippen LogP contribution is 2.14. The predicted molar refractivity (Wildman–Crippen MR) is 137 cm³/mol. The Morgan fingerprint density at radius 1 is 0.861 bits per heavy atom. The van der Waals surface area contributed by atoms with Gasteiger partial charge in [-0.1, -0.05) is 60.1 Å². The number of phenols is 1. The molecule has 0 fully saturated rings. The minimum atomic E-state index is -1.16. The normalized spacial score (nSPS) is 15.5. The fourth-order valence-corrected chi connectivity index (χ4v) is 3.60. The number of carbonyl (C=O) groups excluding carboxylic acids is 3. The van der Waals surface area contributed by atoms with E-state index in [-0.39, 0.29) is 36.3 Å². The van der Waals surface area contributed by atoms with E-state index in [1.165, 1.54) is 12.1 Å². The van der Waals surface area contributed by atoms with Crippen molar-refractivity contribution < 1.29 is 29.4 Å². The summed E-state index contributed by atoms with van der Waals surface area (Å²) in [6.45, 7) is 10.9. The summed E-state index contributed by atoms with van der Waals surface area (Å²) in [5, 5.41) is 26.9. The van der Waals surface area contributed by atoms with Crippen LogP contribution in [0.1, 0.15) is 59.9 Å². The quantitative estimate of drug-likeness (QED) is 0.222. The molecule has 0 radical (unpaired) electrons. The zero-order valence-electron chi connectivity index (χ0n) is 22.1. The molecule has 7 N–H and O–H groups in total. The van der Waals surface area contributed by atoms with E-state index in [9.17, 15) is 29.4 Å². The number of aliphatic carboxylic acids is 1. The third-order valence-corrected chi connectivity index (χ3v) is 6.14. The van der Waals surface area contributed by atoms with Crippen LogP contribution < -0.4 is 21.7 Å². The van der Waals surface area contributed by atoms with Crippen molar-refractivity contribution in [1.82, 2.24) is 16.0 Å². The van der Waals surface area contributed by atoms with Crippen LogP contribution >= 0.6 is 0 Å². The van der Waals surface area contributed by atoms with E-state index in [1.807, 2.05) is 27.7 Å². The largest absolute Gasteiger partial charge is 0.508 e. The van der Waals surface area contributed by atoms with Crippen LogP contribution in [0, 0.1) is 17.8 Å². The SMILES string of the molecule is CCC(C)C(N)C(=O)NC(Cc1ccc(O)cc1)C(=O)NC(CC(C)C)C(=O)NC(C(=O)O)C(C)C. The van der Waals surface area contributed by atoms with E-state index in [0.717, 1.165) is 0 Å². The Bertz CT molecular complexity index is 887. The first-order valence-corrected chi connectivity index (χ1v) is 12.4. The molecule has 0 saturated heterocycles. The predicted octanol–water partition coefficient (Wildman–Crippen LogP) is 1.55. The van der Waals surface area contributed by atoms with Crippen molar-refractivity contribution in [3.05, 3.63) is 29.8 Å². The van der Waals surface area contributed by atoms with Gasteiger partial charge < -0.3 is 31.9 Å². The lowest BCUT2D eigenvalue weighted by Gasteiger charge is -2.27. The van der Waals surface area contributed by atoms with Gasteiger partial charge >= 0.3 is 5.97 Å². The molecule has 0 aliphatic rings. The Morgan fingerprint density at radius 2 is 1.39 bits per heavy atom. The van der Waals surface area contributed by atoms with Gasteiger partial charge in [0.15, 0.2) is 0 Å². The second kappa shape index (κ2) is 14.4.